The topological polar surface area (TPSA) is 73.5 Å². The standard InChI is InChI=1S/C15H20N4O2/c1-19(10-12-7-5-4-6-11(12)9-16)15-17-13(20-2)8-14(18-15)21-3/h4-8H,9-10,16H2,1-3H3. The Balaban J connectivity index is 2.25. The molecule has 0 spiro atoms. The number of rotatable bonds is 6. The molecule has 2 aromatic rings. The Kier molecular flexibility index (Phi) is 4.94. The summed E-state index contributed by atoms with van der Waals surface area (Å²) >= 11 is 0. The third kappa shape index (κ3) is 3.61. The van der Waals surface area contributed by atoms with Crippen LogP contribution >= 0.6 is 0 Å². The van der Waals surface area contributed by atoms with Crippen molar-refractivity contribution in [3.63, 3.8) is 0 Å². The zero-order valence-corrected chi connectivity index (χ0v) is 12.5. The highest BCUT2D eigenvalue weighted by Crippen LogP contribution is 2.21. The number of benzene rings is 1. The van der Waals surface area contributed by atoms with Crippen LogP contribution in [-0.2, 0) is 13.1 Å². The minimum absolute atomic E-state index is 0.468. The predicted octanol–water partition coefficient (Wildman–Crippen LogP) is 1.59. The number of methoxy groups -OCH3 is 2. The molecule has 0 aliphatic rings. The molecule has 1 aromatic heterocycles. The van der Waals surface area contributed by atoms with Gasteiger partial charge in [0.25, 0.3) is 0 Å². The van der Waals surface area contributed by atoms with Gasteiger partial charge in [-0.25, -0.2) is 0 Å². The fourth-order valence-corrected chi connectivity index (χ4v) is 2.01. The van der Waals surface area contributed by atoms with Crippen LogP contribution in [0.15, 0.2) is 30.3 Å². The van der Waals surface area contributed by atoms with Gasteiger partial charge in [0.15, 0.2) is 0 Å². The molecule has 0 saturated carbocycles. The van der Waals surface area contributed by atoms with Crippen LogP contribution in [0.2, 0.25) is 0 Å². The van der Waals surface area contributed by atoms with E-state index in [1.165, 1.54) is 0 Å². The molecule has 112 valence electrons. The fourth-order valence-electron chi connectivity index (χ4n) is 2.01. The molecule has 2 rings (SSSR count). The lowest BCUT2D eigenvalue weighted by Gasteiger charge is -2.19. The van der Waals surface area contributed by atoms with Crippen LogP contribution in [0.5, 0.6) is 11.8 Å². The number of ether oxygens (including phenoxy) is 2. The molecule has 0 aliphatic heterocycles. The van der Waals surface area contributed by atoms with Crippen molar-refractivity contribution in [3.05, 3.63) is 41.5 Å². The van der Waals surface area contributed by atoms with E-state index < -0.39 is 0 Å². The molecular formula is C15H20N4O2. The average Bonchev–Trinajstić information content (AvgIpc) is 2.54. The van der Waals surface area contributed by atoms with Crippen LogP contribution in [0.25, 0.3) is 0 Å². The quantitative estimate of drug-likeness (QED) is 0.870. The summed E-state index contributed by atoms with van der Waals surface area (Å²) in [5, 5.41) is 0. The molecule has 6 heteroatoms. The number of aromatic nitrogens is 2. The largest absolute Gasteiger partial charge is 0.481 e. The lowest BCUT2D eigenvalue weighted by molar-refractivity contribution is 0.371. The van der Waals surface area contributed by atoms with Gasteiger partial charge in [0.1, 0.15) is 0 Å². The van der Waals surface area contributed by atoms with Crippen LogP contribution in [0, 0.1) is 0 Å². The predicted molar refractivity (Wildman–Crippen MR) is 81.6 cm³/mol. The van der Waals surface area contributed by atoms with Gasteiger partial charge in [-0.2, -0.15) is 9.97 Å². The summed E-state index contributed by atoms with van der Waals surface area (Å²) in [6.45, 7) is 1.16. The second-order valence-corrected chi connectivity index (χ2v) is 4.58. The molecule has 0 aliphatic carbocycles. The lowest BCUT2D eigenvalue weighted by Crippen LogP contribution is -2.21. The molecule has 0 unspecified atom stereocenters. The zero-order valence-electron chi connectivity index (χ0n) is 12.5. The maximum Gasteiger partial charge on any atom is 0.232 e. The van der Waals surface area contributed by atoms with E-state index in [0.717, 1.165) is 11.1 Å². The van der Waals surface area contributed by atoms with Crippen LogP contribution in [0.1, 0.15) is 11.1 Å². The molecule has 0 atom stereocenters. The minimum atomic E-state index is 0.468. The fraction of sp³-hybridized carbons (Fsp3) is 0.333. The molecule has 1 aromatic carbocycles. The van der Waals surface area contributed by atoms with Crippen LogP contribution in [-0.4, -0.2) is 31.2 Å². The molecule has 0 fully saturated rings. The van der Waals surface area contributed by atoms with E-state index in [1.54, 1.807) is 20.3 Å². The number of nitrogens with zero attached hydrogens (tertiary/aromatic N) is 3. The van der Waals surface area contributed by atoms with Gasteiger partial charge in [0.2, 0.25) is 17.7 Å². The molecule has 21 heavy (non-hydrogen) atoms. The van der Waals surface area contributed by atoms with Crippen LogP contribution in [0.4, 0.5) is 5.95 Å². The molecular weight excluding hydrogens is 268 g/mol. The number of nitrogens with two attached hydrogens (primary N) is 1. The maximum absolute atomic E-state index is 5.77. The normalized spacial score (nSPS) is 10.3. The molecule has 0 amide bonds. The van der Waals surface area contributed by atoms with Crippen molar-refractivity contribution in [2.45, 2.75) is 13.1 Å². The van der Waals surface area contributed by atoms with Crippen molar-refractivity contribution in [1.82, 2.24) is 9.97 Å². The van der Waals surface area contributed by atoms with E-state index in [1.807, 2.05) is 30.1 Å². The Morgan fingerprint density at radius 1 is 1.05 bits per heavy atom. The maximum atomic E-state index is 5.77. The molecule has 1 heterocycles. The van der Waals surface area contributed by atoms with Gasteiger partial charge >= 0.3 is 0 Å². The summed E-state index contributed by atoms with van der Waals surface area (Å²) in [4.78, 5) is 10.6. The summed E-state index contributed by atoms with van der Waals surface area (Å²) in [6, 6.07) is 9.70. The molecule has 0 radical (unpaired) electrons. The first kappa shape index (κ1) is 15.1. The first-order valence-corrected chi connectivity index (χ1v) is 6.63. The Morgan fingerprint density at radius 2 is 1.62 bits per heavy atom. The monoisotopic (exact) mass is 288 g/mol. The Bertz CT molecular complexity index is 582. The highest BCUT2D eigenvalue weighted by atomic mass is 16.5. The molecule has 0 bridgehead atoms. The van der Waals surface area contributed by atoms with Gasteiger partial charge in [0, 0.05) is 20.1 Å². The average molecular weight is 288 g/mol. The van der Waals surface area contributed by atoms with Crippen LogP contribution < -0.4 is 20.1 Å². The van der Waals surface area contributed by atoms with Crippen molar-refractivity contribution in [2.24, 2.45) is 5.73 Å². The van der Waals surface area contributed by atoms with Gasteiger partial charge in [-0.05, 0) is 11.1 Å². The zero-order chi connectivity index (χ0) is 15.2. The summed E-state index contributed by atoms with van der Waals surface area (Å²) in [5.41, 5.74) is 8.02. The first-order chi connectivity index (χ1) is 10.2. The SMILES string of the molecule is COc1cc(OC)nc(N(C)Cc2ccccc2CN)n1. The van der Waals surface area contributed by atoms with Crippen molar-refractivity contribution >= 4 is 5.95 Å². The lowest BCUT2D eigenvalue weighted by atomic mass is 10.1. The number of anilines is 1. The van der Waals surface area contributed by atoms with Gasteiger partial charge in [-0.1, -0.05) is 24.3 Å². The minimum Gasteiger partial charge on any atom is -0.481 e. The second kappa shape index (κ2) is 6.90. The highest BCUT2D eigenvalue weighted by molar-refractivity contribution is 5.38. The number of hydrogen-bond acceptors (Lipinski definition) is 6. The Hall–Kier alpha value is -2.34. The highest BCUT2D eigenvalue weighted by Gasteiger charge is 2.11. The van der Waals surface area contributed by atoms with E-state index in [2.05, 4.69) is 16.0 Å². The van der Waals surface area contributed by atoms with Crippen molar-refractivity contribution in [3.8, 4) is 11.8 Å². The number of hydrogen-bond donors (Lipinski definition) is 1. The second-order valence-electron chi connectivity index (χ2n) is 4.58. The summed E-state index contributed by atoms with van der Waals surface area (Å²) < 4.78 is 10.3. The van der Waals surface area contributed by atoms with Gasteiger partial charge in [0.05, 0.1) is 20.3 Å². The summed E-state index contributed by atoms with van der Waals surface area (Å²) in [6.07, 6.45) is 0. The van der Waals surface area contributed by atoms with E-state index in [0.29, 0.717) is 30.8 Å². The van der Waals surface area contributed by atoms with E-state index in [-0.39, 0.29) is 0 Å². The first-order valence-electron chi connectivity index (χ1n) is 6.63. The molecule has 6 nitrogen and oxygen atoms in total. The van der Waals surface area contributed by atoms with Crippen molar-refractivity contribution in [2.75, 3.05) is 26.2 Å². The van der Waals surface area contributed by atoms with E-state index in [4.69, 9.17) is 15.2 Å². The van der Waals surface area contributed by atoms with Gasteiger partial charge in [-0.15, -0.1) is 0 Å². The van der Waals surface area contributed by atoms with Crippen molar-refractivity contribution < 1.29 is 9.47 Å². The van der Waals surface area contributed by atoms with E-state index >= 15 is 0 Å². The summed E-state index contributed by atoms with van der Waals surface area (Å²) in [7, 11) is 5.05. The molecule has 2 N–H and O–H groups in total. The van der Waals surface area contributed by atoms with Gasteiger partial charge < -0.3 is 20.1 Å². The third-order valence-corrected chi connectivity index (χ3v) is 3.17. The third-order valence-electron chi connectivity index (χ3n) is 3.17. The molecule has 0 saturated heterocycles. The Labute approximate surface area is 124 Å². The Morgan fingerprint density at radius 3 is 2.14 bits per heavy atom. The smallest absolute Gasteiger partial charge is 0.232 e. The van der Waals surface area contributed by atoms with Gasteiger partial charge in [-0.3, -0.25) is 0 Å². The summed E-state index contributed by atoms with van der Waals surface area (Å²) in [5.74, 6) is 1.48. The van der Waals surface area contributed by atoms with E-state index in [9.17, 15) is 0 Å². The van der Waals surface area contributed by atoms with Crippen LogP contribution in [0.3, 0.4) is 0 Å². The van der Waals surface area contributed by atoms with Crippen molar-refractivity contribution in [1.29, 1.82) is 0 Å².